The lowest BCUT2D eigenvalue weighted by molar-refractivity contribution is -0.129. The van der Waals surface area contributed by atoms with E-state index in [-0.39, 0.29) is 52.7 Å². The zero-order valence-electron chi connectivity index (χ0n) is 28.1. The second-order valence-electron chi connectivity index (χ2n) is 13.0. The van der Waals surface area contributed by atoms with E-state index >= 15 is 0 Å². The van der Waals surface area contributed by atoms with Crippen molar-refractivity contribution in [2.45, 2.75) is 163 Å². The Morgan fingerprint density at radius 3 is 1.65 bits per heavy atom. The maximum absolute atomic E-state index is 13.0. The van der Waals surface area contributed by atoms with E-state index in [2.05, 4.69) is 10.6 Å². The minimum absolute atomic E-state index is 0.00252. The lowest BCUT2D eigenvalue weighted by atomic mass is 9.87. The summed E-state index contributed by atoms with van der Waals surface area (Å²) < 4.78 is 0. The molecule has 0 aromatic carbocycles. The van der Waals surface area contributed by atoms with Gasteiger partial charge in [0.05, 0.1) is 0 Å². The van der Waals surface area contributed by atoms with E-state index in [1.54, 1.807) is 7.05 Å². The van der Waals surface area contributed by atoms with E-state index in [0.29, 0.717) is 64.3 Å². The summed E-state index contributed by atoms with van der Waals surface area (Å²) in [4.78, 5) is 72.7. The minimum atomic E-state index is -0.362. The molecule has 0 heterocycles. The van der Waals surface area contributed by atoms with Crippen molar-refractivity contribution >= 4 is 34.9 Å². The van der Waals surface area contributed by atoms with Gasteiger partial charge in [-0.15, -0.1) is 0 Å². The van der Waals surface area contributed by atoms with Crippen molar-refractivity contribution in [1.29, 1.82) is 0 Å². The summed E-state index contributed by atoms with van der Waals surface area (Å²) in [7, 11) is 1.61. The van der Waals surface area contributed by atoms with Crippen molar-refractivity contribution in [3.63, 3.8) is 0 Å². The summed E-state index contributed by atoms with van der Waals surface area (Å²) in [5.74, 6) is 0.417. The molecule has 0 bridgehead atoms. The van der Waals surface area contributed by atoms with E-state index in [0.717, 1.165) is 70.6 Å². The first kappa shape index (κ1) is 40.6. The summed E-state index contributed by atoms with van der Waals surface area (Å²) in [5, 5.41) is 5.59. The smallest absolute Gasteiger partial charge is 0.223 e. The summed E-state index contributed by atoms with van der Waals surface area (Å²) in [5.41, 5.74) is -0.302. The van der Waals surface area contributed by atoms with E-state index in [1.165, 1.54) is 0 Å². The zero-order chi connectivity index (χ0) is 32.5. The molecule has 0 unspecified atom stereocenters. The number of amides is 2. The monoisotopic (exact) mass is 606 g/mol. The van der Waals surface area contributed by atoms with Gasteiger partial charge in [0.2, 0.25) is 11.8 Å². The van der Waals surface area contributed by atoms with Crippen LogP contribution < -0.4 is 10.6 Å². The predicted octanol–water partition coefficient (Wildman–Crippen LogP) is 7.00. The minimum Gasteiger partial charge on any atom is -0.359 e. The molecule has 0 aliphatic heterocycles. The molecule has 0 aromatic heterocycles. The molecule has 0 fully saturated rings. The molecule has 0 radical (unpaired) electrons. The Kier molecular flexibility index (Phi) is 23.6. The Labute approximate surface area is 261 Å². The third kappa shape index (κ3) is 23.7. The number of nitrogens with one attached hydrogen (secondary N) is 2. The fraction of sp³-hybridized carbons (Fsp3) is 0.829. The van der Waals surface area contributed by atoms with Gasteiger partial charge >= 0.3 is 0 Å². The van der Waals surface area contributed by atoms with Gasteiger partial charge in [0.1, 0.15) is 23.1 Å². The molecule has 8 nitrogen and oxygen atoms in total. The molecule has 0 saturated heterocycles. The third-order valence-corrected chi connectivity index (χ3v) is 8.01. The maximum Gasteiger partial charge on any atom is 0.223 e. The number of hydrogen-bond acceptors (Lipinski definition) is 6. The van der Waals surface area contributed by atoms with Crippen LogP contribution >= 0.6 is 0 Å². The van der Waals surface area contributed by atoms with Crippen LogP contribution in [0.25, 0.3) is 0 Å². The van der Waals surface area contributed by atoms with Gasteiger partial charge in [-0.1, -0.05) is 59.8 Å². The molecule has 0 aromatic rings. The molecule has 43 heavy (non-hydrogen) atoms. The van der Waals surface area contributed by atoms with Crippen LogP contribution in [0.1, 0.15) is 163 Å². The Morgan fingerprint density at radius 1 is 0.581 bits per heavy atom. The SMILES string of the molecule is CCC(=O)CCCCCNC(=O)[C@H](CCCCCC(=O)CCCCC(=O)NC)CC(=O)CCCCCCC(=O)C(C)(C)C. The molecular formula is C35H62N2O6. The van der Waals surface area contributed by atoms with Crippen LogP contribution in [0.2, 0.25) is 0 Å². The van der Waals surface area contributed by atoms with Crippen LogP contribution in [-0.2, 0) is 28.8 Å². The van der Waals surface area contributed by atoms with Crippen molar-refractivity contribution in [3.8, 4) is 0 Å². The fourth-order valence-electron chi connectivity index (χ4n) is 4.94. The molecule has 8 heteroatoms. The van der Waals surface area contributed by atoms with Crippen LogP contribution in [0.3, 0.4) is 0 Å². The van der Waals surface area contributed by atoms with Crippen molar-refractivity contribution in [2.24, 2.45) is 11.3 Å². The third-order valence-electron chi connectivity index (χ3n) is 8.01. The van der Waals surface area contributed by atoms with Gasteiger partial charge in [-0.3, -0.25) is 28.8 Å². The van der Waals surface area contributed by atoms with E-state index in [4.69, 9.17) is 0 Å². The molecule has 0 saturated carbocycles. The van der Waals surface area contributed by atoms with Gasteiger partial charge in [0.25, 0.3) is 0 Å². The number of Topliss-reactive ketones (excluding diaryl/α,β-unsaturated/α-hetero) is 4. The number of rotatable bonds is 28. The quantitative estimate of drug-likeness (QED) is 0.0924. The van der Waals surface area contributed by atoms with Crippen molar-refractivity contribution in [2.75, 3.05) is 13.6 Å². The highest BCUT2D eigenvalue weighted by Crippen LogP contribution is 2.20. The second-order valence-corrected chi connectivity index (χ2v) is 13.0. The first-order chi connectivity index (χ1) is 20.4. The van der Waals surface area contributed by atoms with Gasteiger partial charge in [-0.05, 0) is 51.4 Å². The number of unbranched alkanes of at least 4 members (excludes halogenated alkanes) is 8. The van der Waals surface area contributed by atoms with Crippen molar-refractivity contribution in [3.05, 3.63) is 0 Å². The van der Waals surface area contributed by atoms with Crippen molar-refractivity contribution < 1.29 is 28.8 Å². The average Bonchev–Trinajstić information content (AvgIpc) is 2.96. The summed E-state index contributed by atoms with van der Waals surface area (Å²) in [6.07, 6.45) is 14.3. The van der Waals surface area contributed by atoms with Gasteiger partial charge < -0.3 is 10.6 Å². The standard InChI is InChI=1S/C35H62N2O6/c1-6-29(38)20-14-10-18-26-37-34(43)28(19-11-9-13-21-30(39)22-16-17-25-33(42)36-5)27-31(40)23-12-7-8-15-24-32(41)35(2,3)4/h28H,6-27H2,1-5H3,(H,36,42)(H,37,43)/t28-/m1/s1. The molecule has 1 atom stereocenters. The largest absolute Gasteiger partial charge is 0.359 e. The molecule has 0 spiro atoms. The van der Waals surface area contributed by atoms with Gasteiger partial charge in [0, 0.05) is 76.3 Å². The van der Waals surface area contributed by atoms with E-state index in [1.807, 2.05) is 27.7 Å². The normalized spacial score (nSPS) is 12.0. The van der Waals surface area contributed by atoms with Crippen molar-refractivity contribution in [1.82, 2.24) is 10.6 Å². The van der Waals surface area contributed by atoms with E-state index in [9.17, 15) is 28.8 Å². The lowest BCUT2D eigenvalue weighted by Gasteiger charge is -2.17. The molecule has 0 rings (SSSR count). The Bertz CT molecular complexity index is 846. The molecule has 2 amide bonds. The van der Waals surface area contributed by atoms with Gasteiger partial charge in [-0.2, -0.15) is 0 Å². The van der Waals surface area contributed by atoms with Crippen LogP contribution in [-0.4, -0.2) is 48.5 Å². The molecule has 248 valence electrons. The lowest BCUT2D eigenvalue weighted by Crippen LogP contribution is -2.32. The second kappa shape index (κ2) is 25.0. The average molecular weight is 607 g/mol. The Balaban J connectivity index is 4.51. The van der Waals surface area contributed by atoms with Gasteiger partial charge in [-0.25, -0.2) is 0 Å². The molecule has 0 aliphatic carbocycles. The summed E-state index contributed by atoms with van der Waals surface area (Å²) in [6, 6.07) is 0. The van der Waals surface area contributed by atoms with Crippen LogP contribution in [0, 0.1) is 11.3 Å². The molecule has 2 N–H and O–H groups in total. The Hall–Kier alpha value is -2.38. The zero-order valence-corrected chi connectivity index (χ0v) is 28.1. The first-order valence-corrected chi connectivity index (χ1v) is 17.0. The highest BCUT2D eigenvalue weighted by Gasteiger charge is 2.22. The fourth-order valence-corrected chi connectivity index (χ4v) is 4.94. The predicted molar refractivity (Wildman–Crippen MR) is 173 cm³/mol. The highest BCUT2D eigenvalue weighted by atomic mass is 16.2. The van der Waals surface area contributed by atoms with Crippen LogP contribution in [0.4, 0.5) is 0 Å². The topological polar surface area (TPSA) is 126 Å². The first-order valence-electron chi connectivity index (χ1n) is 17.0. The number of carbonyl (C=O) groups excluding carboxylic acids is 6. The molecule has 0 aliphatic rings. The number of carbonyl (C=O) groups is 6. The number of hydrogen-bond donors (Lipinski definition) is 2. The maximum atomic E-state index is 13.0. The summed E-state index contributed by atoms with van der Waals surface area (Å²) >= 11 is 0. The molecular weight excluding hydrogens is 544 g/mol. The number of ketones is 4. The van der Waals surface area contributed by atoms with E-state index < -0.39 is 0 Å². The highest BCUT2D eigenvalue weighted by molar-refractivity contribution is 5.87. The van der Waals surface area contributed by atoms with Crippen LogP contribution in [0.5, 0.6) is 0 Å². The summed E-state index contributed by atoms with van der Waals surface area (Å²) in [6.45, 7) is 8.24. The van der Waals surface area contributed by atoms with Crippen LogP contribution in [0.15, 0.2) is 0 Å². The van der Waals surface area contributed by atoms with Gasteiger partial charge in [0.15, 0.2) is 0 Å². The Morgan fingerprint density at radius 2 is 1.07 bits per heavy atom.